The third-order valence-electron chi connectivity index (χ3n) is 3.31. The number of nitrogens with zero attached hydrogens (tertiary/aromatic N) is 2. The minimum Gasteiger partial charge on any atom is -0.381 e. The molecule has 0 saturated carbocycles. The van der Waals surface area contributed by atoms with Gasteiger partial charge in [0.05, 0.1) is 12.5 Å². The zero-order valence-corrected chi connectivity index (χ0v) is 11.0. The number of nitrogens with two attached hydrogens (primary N) is 1. The molecule has 0 amide bonds. The van der Waals surface area contributed by atoms with Gasteiger partial charge >= 0.3 is 0 Å². The predicted molar refractivity (Wildman–Crippen MR) is 65.1 cm³/mol. The number of methoxy groups -OCH3 is 1. The predicted octanol–water partition coefficient (Wildman–Crippen LogP) is 1.39. The Morgan fingerprint density at radius 3 is 3.06 bits per heavy atom. The first-order valence-electron chi connectivity index (χ1n) is 6.45. The minimum atomic E-state index is -0.103. The monoisotopic (exact) mass is 255 g/mol. The Hall–Kier alpha value is -0.980. The van der Waals surface area contributed by atoms with Crippen molar-refractivity contribution in [3.05, 3.63) is 11.7 Å². The van der Waals surface area contributed by atoms with E-state index in [0.29, 0.717) is 24.9 Å². The summed E-state index contributed by atoms with van der Waals surface area (Å²) in [6, 6.07) is 0.0271. The molecule has 102 valence electrons. The first-order chi connectivity index (χ1) is 8.76. The Morgan fingerprint density at radius 2 is 2.39 bits per heavy atom. The maximum Gasteiger partial charge on any atom is 0.233 e. The molecule has 1 aromatic heterocycles. The molecule has 6 nitrogen and oxygen atoms in total. The van der Waals surface area contributed by atoms with Crippen LogP contribution in [-0.4, -0.2) is 36.5 Å². The van der Waals surface area contributed by atoms with Gasteiger partial charge in [-0.15, -0.1) is 0 Å². The van der Waals surface area contributed by atoms with Gasteiger partial charge in [0, 0.05) is 19.8 Å². The molecule has 6 heteroatoms. The standard InChI is InChI=1S/C12H21N3O3/c1-3-4-10(16-2)11-14-12(18-15-11)8-7-17-6-5-9(8)13/h8-10H,3-7,13H2,1-2H3. The molecular weight excluding hydrogens is 234 g/mol. The van der Waals surface area contributed by atoms with Gasteiger partial charge in [-0.3, -0.25) is 0 Å². The van der Waals surface area contributed by atoms with Gasteiger partial charge in [0.1, 0.15) is 6.10 Å². The van der Waals surface area contributed by atoms with Crippen LogP contribution in [0, 0.1) is 0 Å². The van der Waals surface area contributed by atoms with Crippen molar-refractivity contribution in [2.45, 2.75) is 44.2 Å². The van der Waals surface area contributed by atoms with Crippen LogP contribution in [0.2, 0.25) is 0 Å². The lowest BCUT2D eigenvalue weighted by atomic mass is 9.97. The molecule has 0 radical (unpaired) electrons. The molecule has 1 aromatic rings. The van der Waals surface area contributed by atoms with E-state index in [0.717, 1.165) is 19.3 Å². The number of ether oxygens (including phenoxy) is 2. The number of aromatic nitrogens is 2. The topological polar surface area (TPSA) is 83.4 Å². The molecule has 3 atom stereocenters. The fourth-order valence-electron chi connectivity index (χ4n) is 2.15. The number of hydrogen-bond donors (Lipinski definition) is 1. The SMILES string of the molecule is CCCC(OC)c1noc(C2COCCC2N)n1. The van der Waals surface area contributed by atoms with Crippen LogP contribution < -0.4 is 5.73 Å². The van der Waals surface area contributed by atoms with Gasteiger partial charge in [0.25, 0.3) is 0 Å². The van der Waals surface area contributed by atoms with Crippen molar-refractivity contribution in [2.75, 3.05) is 20.3 Å². The zero-order valence-electron chi connectivity index (χ0n) is 11.0. The van der Waals surface area contributed by atoms with Crippen LogP contribution in [-0.2, 0) is 9.47 Å². The summed E-state index contributed by atoms with van der Waals surface area (Å²) in [7, 11) is 1.66. The van der Waals surface area contributed by atoms with Gasteiger partial charge in [0.2, 0.25) is 11.7 Å². The normalized spacial score (nSPS) is 26.2. The lowest BCUT2D eigenvalue weighted by Crippen LogP contribution is -2.37. The highest BCUT2D eigenvalue weighted by atomic mass is 16.5. The van der Waals surface area contributed by atoms with Gasteiger partial charge in [0.15, 0.2) is 0 Å². The fraction of sp³-hybridized carbons (Fsp3) is 0.833. The third kappa shape index (κ3) is 2.88. The van der Waals surface area contributed by atoms with Gasteiger partial charge in [-0.1, -0.05) is 18.5 Å². The first-order valence-corrected chi connectivity index (χ1v) is 6.45. The quantitative estimate of drug-likeness (QED) is 0.856. The van der Waals surface area contributed by atoms with Gasteiger partial charge in [-0.2, -0.15) is 4.98 Å². The summed E-state index contributed by atoms with van der Waals surface area (Å²) in [5.74, 6) is 1.17. The summed E-state index contributed by atoms with van der Waals surface area (Å²) in [5, 5.41) is 3.99. The van der Waals surface area contributed by atoms with Crippen molar-refractivity contribution in [3.8, 4) is 0 Å². The van der Waals surface area contributed by atoms with E-state index in [-0.39, 0.29) is 18.1 Å². The van der Waals surface area contributed by atoms with E-state index in [1.54, 1.807) is 7.11 Å². The highest BCUT2D eigenvalue weighted by molar-refractivity contribution is 5.01. The van der Waals surface area contributed by atoms with Crippen LogP contribution in [0.25, 0.3) is 0 Å². The molecule has 18 heavy (non-hydrogen) atoms. The van der Waals surface area contributed by atoms with E-state index in [9.17, 15) is 0 Å². The van der Waals surface area contributed by atoms with Crippen LogP contribution in [0.1, 0.15) is 49.9 Å². The van der Waals surface area contributed by atoms with E-state index < -0.39 is 0 Å². The lowest BCUT2D eigenvalue weighted by molar-refractivity contribution is 0.0589. The summed E-state index contributed by atoms with van der Waals surface area (Å²) in [6.45, 7) is 3.35. The summed E-state index contributed by atoms with van der Waals surface area (Å²) >= 11 is 0. The van der Waals surface area contributed by atoms with Crippen molar-refractivity contribution in [3.63, 3.8) is 0 Å². The van der Waals surface area contributed by atoms with Gasteiger partial charge < -0.3 is 19.7 Å². The van der Waals surface area contributed by atoms with E-state index in [1.165, 1.54) is 0 Å². The van der Waals surface area contributed by atoms with Crippen molar-refractivity contribution in [1.82, 2.24) is 10.1 Å². The molecule has 0 bridgehead atoms. The lowest BCUT2D eigenvalue weighted by Gasteiger charge is -2.25. The number of rotatable bonds is 5. The molecule has 1 fully saturated rings. The van der Waals surface area contributed by atoms with Gasteiger partial charge in [-0.05, 0) is 12.8 Å². The van der Waals surface area contributed by atoms with Crippen molar-refractivity contribution < 1.29 is 14.0 Å². The van der Waals surface area contributed by atoms with E-state index >= 15 is 0 Å². The van der Waals surface area contributed by atoms with Crippen LogP contribution >= 0.6 is 0 Å². The van der Waals surface area contributed by atoms with E-state index in [1.807, 2.05) is 0 Å². The molecule has 1 aliphatic heterocycles. The molecular formula is C12H21N3O3. The van der Waals surface area contributed by atoms with Crippen molar-refractivity contribution in [1.29, 1.82) is 0 Å². The zero-order chi connectivity index (χ0) is 13.0. The fourth-order valence-corrected chi connectivity index (χ4v) is 2.15. The molecule has 1 aliphatic rings. The first kappa shape index (κ1) is 13.5. The van der Waals surface area contributed by atoms with Crippen LogP contribution in [0.15, 0.2) is 4.52 Å². The Morgan fingerprint density at radius 1 is 1.56 bits per heavy atom. The molecule has 2 rings (SSSR count). The summed E-state index contributed by atoms with van der Waals surface area (Å²) in [6.07, 6.45) is 2.61. The highest BCUT2D eigenvalue weighted by Gasteiger charge is 2.30. The van der Waals surface area contributed by atoms with Crippen LogP contribution in [0.5, 0.6) is 0 Å². The van der Waals surface area contributed by atoms with Crippen molar-refractivity contribution >= 4 is 0 Å². The Kier molecular flexibility index (Phi) is 4.68. The summed E-state index contributed by atoms with van der Waals surface area (Å²) in [5.41, 5.74) is 6.05. The second-order valence-corrected chi connectivity index (χ2v) is 4.64. The second-order valence-electron chi connectivity index (χ2n) is 4.64. The van der Waals surface area contributed by atoms with Crippen molar-refractivity contribution in [2.24, 2.45) is 5.73 Å². The highest BCUT2D eigenvalue weighted by Crippen LogP contribution is 2.26. The van der Waals surface area contributed by atoms with Crippen LogP contribution in [0.3, 0.4) is 0 Å². The Balaban J connectivity index is 2.08. The molecule has 1 saturated heterocycles. The third-order valence-corrected chi connectivity index (χ3v) is 3.31. The molecule has 3 unspecified atom stereocenters. The number of hydrogen-bond acceptors (Lipinski definition) is 6. The molecule has 0 aliphatic carbocycles. The maximum atomic E-state index is 6.05. The molecule has 2 heterocycles. The maximum absolute atomic E-state index is 6.05. The average molecular weight is 255 g/mol. The second kappa shape index (κ2) is 6.26. The average Bonchev–Trinajstić information content (AvgIpc) is 2.85. The Labute approximate surface area is 107 Å². The largest absolute Gasteiger partial charge is 0.381 e. The van der Waals surface area contributed by atoms with Crippen LogP contribution in [0.4, 0.5) is 0 Å². The van der Waals surface area contributed by atoms with Gasteiger partial charge in [-0.25, -0.2) is 0 Å². The Bertz CT molecular complexity index is 369. The molecule has 0 aromatic carbocycles. The molecule has 2 N–H and O–H groups in total. The summed E-state index contributed by atoms with van der Waals surface area (Å²) in [4.78, 5) is 4.41. The minimum absolute atomic E-state index is 0.000803. The molecule has 0 spiro atoms. The van der Waals surface area contributed by atoms with E-state index in [2.05, 4.69) is 17.1 Å². The van der Waals surface area contributed by atoms with E-state index in [4.69, 9.17) is 19.7 Å². The summed E-state index contributed by atoms with van der Waals surface area (Å²) < 4.78 is 16.1. The smallest absolute Gasteiger partial charge is 0.233 e.